The van der Waals surface area contributed by atoms with E-state index >= 15 is 0 Å². The predicted molar refractivity (Wildman–Crippen MR) is 45.6 cm³/mol. The molecule has 0 heterocycles. The van der Waals surface area contributed by atoms with Gasteiger partial charge in [-0.1, -0.05) is 0 Å². The number of methoxy groups -OCH3 is 1. The molecule has 0 unspecified atom stereocenters. The Labute approximate surface area is 72.0 Å². The second-order valence-corrected chi connectivity index (χ2v) is 2.50. The fourth-order valence-electron chi connectivity index (χ4n) is 1.02. The van der Waals surface area contributed by atoms with E-state index in [9.17, 15) is 5.11 Å². The standard InChI is InChI=1S/C9H13NO2/c1-10-6-7-3-4-8(11)9(5-7)12-2/h3-5,11H,1,6,10H2,2H3. The molecule has 0 atom stereocenters. The highest BCUT2D eigenvalue weighted by Gasteiger charge is 2.01. The van der Waals surface area contributed by atoms with Crippen molar-refractivity contribution in [2.24, 2.45) is 0 Å². The first-order valence-corrected chi connectivity index (χ1v) is 3.74. The first-order valence-electron chi connectivity index (χ1n) is 3.74. The van der Waals surface area contributed by atoms with Crippen molar-refractivity contribution in [1.29, 1.82) is 0 Å². The van der Waals surface area contributed by atoms with Crippen LogP contribution in [0.5, 0.6) is 11.5 Å². The monoisotopic (exact) mass is 167 g/mol. The molecule has 0 saturated carbocycles. The number of aromatic hydroxyl groups is 1. The Kier molecular flexibility index (Phi) is 2.94. The molecule has 0 fully saturated rings. The van der Waals surface area contributed by atoms with Crippen LogP contribution in [0.4, 0.5) is 0 Å². The van der Waals surface area contributed by atoms with Crippen LogP contribution in [-0.4, -0.2) is 12.2 Å². The van der Waals surface area contributed by atoms with E-state index in [0.29, 0.717) is 5.75 Å². The van der Waals surface area contributed by atoms with E-state index in [2.05, 4.69) is 7.05 Å². The molecule has 0 aliphatic heterocycles. The van der Waals surface area contributed by atoms with Crippen molar-refractivity contribution < 1.29 is 15.2 Å². The van der Waals surface area contributed by atoms with E-state index in [1.807, 2.05) is 11.4 Å². The summed E-state index contributed by atoms with van der Waals surface area (Å²) >= 11 is 0. The smallest absolute Gasteiger partial charge is 0.160 e. The van der Waals surface area contributed by atoms with Crippen LogP contribution in [-0.2, 0) is 6.54 Å². The summed E-state index contributed by atoms with van der Waals surface area (Å²) in [7, 11) is 5.17. The highest BCUT2D eigenvalue weighted by atomic mass is 16.5. The van der Waals surface area contributed by atoms with Gasteiger partial charge < -0.3 is 15.2 Å². The van der Waals surface area contributed by atoms with Gasteiger partial charge in [-0.05, 0) is 18.2 Å². The third-order valence-electron chi connectivity index (χ3n) is 1.62. The zero-order valence-corrected chi connectivity index (χ0v) is 7.08. The number of phenols is 1. The summed E-state index contributed by atoms with van der Waals surface area (Å²) in [6.45, 7) is 0.788. The summed E-state index contributed by atoms with van der Waals surface area (Å²) in [5.41, 5.74) is 1.08. The van der Waals surface area contributed by atoms with E-state index in [-0.39, 0.29) is 5.75 Å². The van der Waals surface area contributed by atoms with Crippen LogP contribution >= 0.6 is 0 Å². The number of hydrogen-bond acceptors (Lipinski definition) is 2. The molecule has 0 bridgehead atoms. The van der Waals surface area contributed by atoms with Gasteiger partial charge in [0.05, 0.1) is 13.7 Å². The Morgan fingerprint density at radius 1 is 1.58 bits per heavy atom. The Morgan fingerprint density at radius 3 is 2.92 bits per heavy atom. The largest absolute Gasteiger partial charge is 0.504 e. The number of phenolic OH excluding ortho intramolecular Hbond substituents is 1. The van der Waals surface area contributed by atoms with Gasteiger partial charge in [-0.15, -0.1) is 0 Å². The summed E-state index contributed by atoms with van der Waals surface area (Å²) in [5.74, 6) is 0.680. The van der Waals surface area contributed by atoms with Crippen molar-refractivity contribution in [3.63, 3.8) is 0 Å². The first kappa shape index (κ1) is 8.87. The van der Waals surface area contributed by atoms with Crippen LogP contribution in [0.2, 0.25) is 0 Å². The molecule has 0 aliphatic rings. The number of ether oxygens (including phenoxy) is 1. The number of quaternary nitrogens is 1. The molecule has 3 heteroatoms. The molecule has 3 nitrogen and oxygen atoms in total. The van der Waals surface area contributed by atoms with Gasteiger partial charge in [0.1, 0.15) is 0 Å². The van der Waals surface area contributed by atoms with Crippen molar-refractivity contribution in [3.05, 3.63) is 30.8 Å². The maximum atomic E-state index is 9.25. The summed E-state index contributed by atoms with van der Waals surface area (Å²) < 4.78 is 4.95. The van der Waals surface area contributed by atoms with Gasteiger partial charge in [-0.3, -0.25) is 0 Å². The Hall–Kier alpha value is -1.22. The first-order chi connectivity index (χ1) is 5.77. The minimum absolute atomic E-state index is 0.172. The van der Waals surface area contributed by atoms with E-state index in [1.54, 1.807) is 12.1 Å². The van der Waals surface area contributed by atoms with Gasteiger partial charge in [0.15, 0.2) is 11.5 Å². The van der Waals surface area contributed by atoms with Crippen LogP contribution in [0.3, 0.4) is 0 Å². The van der Waals surface area contributed by atoms with Crippen molar-refractivity contribution in [3.8, 4) is 11.5 Å². The fourth-order valence-corrected chi connectivity index (χ4v) is 1.02. The van der Waals surface area contributed by atoms with Crippen molar-refractivity contribution in [1.82, 2.24) is 0 Å². The molecule has 1 aromatic carbocycles. The van der Waals surface area contributed by atoms with Crippen LogP contribution < -0.4 is 10.1 Å². The Morgan fingerprint density at radius 2 is 2.33 bits per heavy atom. The van der Waals surface area contributed by atoms with Gasteiger partial charge in [-0.25, -0.2) is 0 Å². The highest BCUT2D eigenvalue weighted by molar-refractivity contribution is 5.41. The van der Waals surface area contributed by atoms with Crippen LogP contribution in [0, 0.1) is 7.05 Å². The fraction of sp³-hybridized carbons (Fsp3) is 0.222. The minimum atomic E-state index is 0.172. The molecule has 0 radical (unpaired) electrons. The molecule has 0 spiro atoms. The third kappa shape index (κ3) is 1.89. The van der Waals surface area contributed by atoms with E-state index in [4.69, 9.17) is 4.74 Å². The van der Waals surface area contributed by atoms with Gasteiger partial charge >= 0.3 is 0 Å². The molecule has 0 saturated heterocycles. The Balaban J connectivity index is 2.89. The molecule has 0 aliphatic carbocycles. The third-order valence-corrected chi connectivity index (χ3v) is 1.62. The molecule has 0 amide bonds. The summed E-state index contributed by atoms with van der Waals surface area (Å²) in [6.07, 6.45) is 0. The lowest BCUT2D eigenvalue weighted by atomic mass is 10.2. The summed E-state index contributed by atoms with van der Waals surface area (Å²) in [6, 6.07) is 5.27. The minimum Gasteiger partial charge on any atom is -0.504 e. The van der Waals surface area contributed by atoms with E-state index in [1.165, 1.54) is 7.11 Å². The average Bonchev–Trinajstić information content (AvgIpc) is 2.09. The van der Waals surface area contributed by atoms with Crippen molar-refractivity contribution >= 4 is 0 Å². The molecule has 66 valence electrons. The van der Waals surface area contributed by atoms with Crippen molar-refractivity contribution in [2.75, 3.05) is 7.11 Å². The van der Waals surface area contributed by atoms with Crippen LogP contribution in [0.1, 0.15) is 5.56 Å². The lowest BCUT2D eigenvalue weighted by Crippen LogP contribution is -2.74. The molecule has 12 heavy (non-hydrogen) atoms. The van der Waals surface area contributed by atoms with Gasteiger partial charge in [0.2, 0.25) is 0 Å². The molecule has 0 aromatic heterocycles. The summed E-state index contributed by atoms with van der Waals surface area (Å²) in [4.78, 5) is 0. The predicted octanol–water partition coefficient (Wildman–Crippen LogP) is 0.256. The van der Waals surface area contributed by atoms with Crippen molar-refractivity contribution in [2.45, 2.75) is 6.54 Å². The van der Waals surface area contributed by atoms with E-state index < -0.39 is 0 Å². The maximum absolute atomic E-state index is 9.25. The van der Waals surface area contributed by atoms with Gasteiger partial charge in [0, 0.05) is 5.56 Å². The molecule has 1 rings (SSSR count). The Bertz CT molecular complexity index is 261. The molecular weight excluding hydrogens is 154 g/mol. The number of nitrogens with two attached hydrogens (primary N) is 1. The molecule has 3 N–H and O–H groups in total. The van der Waals surface area contributed by atoms with E-state index in [0.717, 1.165) is 12.1 Å². The van der Waals surface area contributed by atoms with Crippen LogP contribution in [0.15, 0.2) is 18.2 Å². The second kappa shape index (κ2) is 3.97. The average molecular weight is 167 g/mol. The van der Waals surface area contributed by atoms with Gasteiger partial charge in [-0.2, -0.15) is 7.05 Å². The topological polar surface area (TPSA) is 46.1 Å². The quantitative estimate of drug-likeness (QED) is 0.634. The second-order valence-electron chi connectivity index (χ2n) is 2.50. The number of hydrogen-bond donors (Lipinski definition) is 2. The lowest BCUT2D eigenvalue weighted by Gasteiger charge is -2.05. The molecular formula is C9H13NO2. The number of rotatable bonds is 3. The SMILES string of the molecule is [CH2-][NH2+]Cc1ccc(O)c(OC)c1. The van der Waals surface area contributed by atoms with Gasteiger partial charge in [0.25, 0.3) is 0 Å². The zero-order chi connectivity index (χ0) is 8.97. The number of benzene rings is 1. The zero-order valence-electron chi connectivity index (χ0n) is 7.08. The van der Waals surface area contributed by atoms with Crippen LogP contribution in [0.25, 0.3) is 0 Å². The molecule has 1 aromatic rings. The highest BCUT2D eigenvalue weighted by Crippen LogP contribution is 2.25. The maximum Gasteiger partial charge on any atom is 0.160 e. The normalized spacial score (nSPS) is 9.83. The lowest BCUT2D eigenvalue weighted by molar-refractivity contribution is -0.612. The summed E-state index contributed by atoms with van der Waals surface area (Å²) in [5, 5.41) is 11.1.